The third-order valence-electron chi connectivity index (χ3n) is 5.08. The van der Waals surface area contributed by atoms with Crippen LogP contribution in [0.1, 0.15) is 18.1 Å². The number of rotatable bonds is 7. The Morgan fingerprint density at radius 2 is 1.71 bits per heavy atom. The van der Waals surface area contributed by atoms with E-state index in [-0.39, 0.29) is 17.0 Å². The summed E-state index contributed by atoms with van der Waals surface area (Å²) in [6.07, 6.45) is 1.41. The number of amides is 4. The number of aromatic hydroxyl groups is 1. The molecule has 8 nitrogen and oxygen atoms in total. The molecule has 9 heteroatoms. The second kappa shape index (κ2) is 10.6. The highest BCUT2D eigenvalue weighted by atomic mass is 127. The van der Waals surface area contributed by atoms with E-state index >= 15 is 0 Å². The minimum absolute atomic E-state index is 0.0157. The molecule has 1 fully saturated rings. The summed E-state index contributed by atoms with van der Waals surface area (Å²) >= 11 is 2.11. The van der Waals surface area contributed by atoms with Gasteiger partial charge in [-0.15, -0.1) is 0 Å². The van der Waals surface area contributed by atoms with E-state index in [1.54, 1.807) is 12.1 Å². The first kappa shape index (κ1) is 24.3. The third-order valence-corrected chi connectivity index (χ3v) is 5.88. The Morgan fingerprint density at radius 1 is 1.00 bits per heavy atom. The summed E-state index contributed by atoms with van der Waals surface area (Å²) in [6, 6.07) is 17.8. The summed E-state index contributed by atoms with van der Waals surface area (Å²) < 4.78 is 12.5. The second-order valence-corrected chi connectivity index (χ2v) is 8.67. The Bertz CT molecular complexity index is 1310. The summed E-state index contributed by atoms with van der Waals surface area (Å²) in [4.78, 5) is 38.9. The maximum Gasteiger partial charge on any atom is 0.335 e. The van der Waals surface area contributed by atoms with Crippen molar-refractivity contribution in [2.45, 2.75) is 13.5 Å². The minimum Gasteiger partial charge on any atom is -0.508 e. The van der Waals surface area contributed by atoms with E-state index in [1.165, 1.54) is 30.3 Å². The molecule has 0 aliphatic carbocycles. The molecule has 0 aromatic heterocycles. The fourth-order valence-electron chi connectivity index (χ4n) is 3.46. The molecule has 2 N–H and O–H groups in total. The molecule has 1 aliphatic heterocycles. The van der Waals surface area contributed by atoms with Crippen molar-refractivity contribution in [1.29, 1.82) is 0 Å². The SMILES string of the molecule is CCOc1cc(/C=C2\C(=O)NC(=O)N(c3ccc(O)cc3)C2=O)cc(I)c1OCc1ccccc1. The zero-order valence-electron chi connectivity index (χ0n) is 18.7. The molecule has 3 aromatic rings. The molecule has 35 heavy (non-hydrogen) atoms. The molecule has 0 saturated carbocycles. The van der Waals surface area contributed by atoms with Crippen LogP contribution in [-0.2, 0) is 16.2 Å². The molecule has 4 amide bonds. The number of halogens is 1. The van der Waals surface area contributed by atoms with Gasteiger partial charge in [-0.05, 0) is 83.1 Å². The molecule has 1 aliphatic rings. The van der Waals surface area contributed by atoms with Gasteiger partial charge in [0.2, 0.25) is 0 Å². The lowest BCUT2D eigenvalue weighted by molar-refractivity contribution is -0.122. The number of phenols is 1. The number of carbonyl (C=O) groups excluding carboxylic acids is 3. The number of hydrogen-bond donors (Lipinski definition) is 2. The summed E-state index contributed by atoms with van der Waals surface area (Å²) in [5.41, 5.74) is 1.54. The number of anilines is 1. The molecule has 0 bridgehead atoms. The van der Waals surface area contributed by atoms with Gasteiger partial charge in [-0.1, -0.05) is 30.3 Å². The van der Waals surface area contributed by atoms with Gasteiger partial charge in [0.1, 0.15) is 17.9 Å². The van der Waals surface area contributed by atoms with Gasteiger partial charge in [-0.3, -0.25) is 14.9 Å². The number of benzene rings is 3. The van der Waals surface area contributed by atoms with E-state index in [0.29, 0.717) is 30.3 Å². The van der Waals surface area contributed by atoms with Crippen LogP contribution < -0.4 is 19.7 Å². The quantitative estimate of drug-likeness (QED) is 0.238. The van der Waals surface area contributed by atoms with Crippen LogP contribution in [0.3, 0.4) is 0 Å². The summed E-state index contributed by atoms with van der Waals surface area (Å²) in [6.45, 7) is 2.58. The smallest absolute Gasteiger partial charge is 0.335 e. The van der Waals surface area contributed by atoms with Crippen LogP contribution in [0.2, 0.25) is 0 Å². The molecule has 0 radical (unpaired) electrons. The van der Waals surface area contributed by atoms with Crippen LogP contribution in [0.15, 0.2) is 72.3 Å². The molecule has 178 valence electrons. The number of nitrogens with one attached hydrogen (secondary N) is 1. The van der Waals surface area contributed by atoms with E-state index < -0.39 is 17.8 Å². The highest BCUT2D eigenvalue weighted by Crippen LogP contribution is 2.36. The average Bonchev–Trinajstić information content (AvgIpc) is 2.83. The number of hydrogen-bond acceptors (Lipinski definition) is 6. The van der Waals surface area contributed by atoms with Gasteiger partial charge >= 0.3 is 6.03 Å². The largest absolute Gasteiger partial charge is 0.508 e. The topological polar surface area (TPSA) is 105 Å². The van der Waals surface area contributed by atoms with E-state index in [2.05, 4.69) is 27.9 Å². The normalized spacial score (nSPS) is 14.7. The third kappa shape index (κ3) is 5.46. The molecule has 3 aromatic carbocycles. The Balaban J connectivity index is 1.66. The van der Waals surface area contributed by atoms with Gasteiger partial charge in [0.15, 0.2) is 11.5 Å². The monoisotopic (exact) mass is 584 g/mol. The van der Waals surface area contributed by atoms with Crippen LogP contribution in [0.4, 0.5) is 10.5 Å². The van der Waals surface area contributed by atoms with Crippen LogP contribution in [0.5, 0.6) is 17.2 Å². The fraction of sp³-hybridized carbons (Fsp3) is 0.115. The first-order chi connectivity index (χ1) is 16.9. The summed E-state index contributed by atoms with van der Waals surface area (Å²) in [5.74, 6) is -0.566. The highest BCUT2D eigenvalue weighted by molar-refractivity contribution is 14.1. The molecule has 0 spiro atoms. The predicted octanol–water partition coefficient (Wildman–Crippen LogP) is 4.64. The highest BCUT2D eigenvalue weighted by Gasteiger charge is 2.36. The van der Waals surface area contributed by atoms with Crippen molar-refractivity contribution in [2.75, 3.05) is 11.5 Å². The number of barbiturate groups is 1. The number of urea groups is 1. The summed E-state index contributed by atoms with van der Waals surface area (Å²) in [5, 5.41) is 11.7. The van der Waals surface area contributed by atoms with Crippen molar-refractivity contribution in [3.63, 3.8) is 0 Å². The van der Waals surface area contributed by atoms with E-state index in [1.807, 2.05) is 37.3 Å². The standard InChI is InChI=1S/C26H21IN2O6/c1-2-34-22-14-17(13-21(27)23(22)35-15-16-6-4-3-5-7-16)12-20-24(31)28-26(33)29(25(20)32)18-8-10-19(30)11-9-18/h3-14,30H,2,15H2,1H3,(H,28,31,33)/b20-12+. The van der Waals surface area contributed by atoms with Crippen molar-refractivity contribution < 1.29 is 29.0 Å². The summed E-state index contributed by atoms with van der Waals surface area (Å²) in [7, 11) is 0. The Morgan fingerprint density at radius 3 is 2.40 bits per heavy atom. The maximum atomic E-state index is 13.1. The molecule has 0 unspecified atom stereocenters. The van der Waals surface area contributed by atoms with Crippen molar-refractivity contribution in [3.05, 3.63) is 87.0 Å². The molecular formula is C26H21IN2O6. The number of phenolic OH excluding ortho intramolecular Hbond substituents is 1. The second-order valence-electron chi connectivity index (χ2n) is 7.51. The number of carbonyl (C=O) groups is 3. The first-order valence-electron chi connectivity index (χ1n) is 10.7. The minimum atomic E-state index is -0.864. The van der Waals surface area contributed by atoms with Gasteiger partial charge in [0.05, 0.1) is 15.9 Å². The Labute approximate surface area is 215 Å². The Kier molecular flexibility index (Phi) is 7.35. The van der Waals surface area contributed by atoms with Crippen molar-refractivity contribution in [3.8, 4) is 17.2 Å². The molecule has 1 heterocycles. The lowest BCUT2D eigenvalue weighted by atomic mass is 10.1. The molecular weight excluding hydrogens is 563 g/mol. The van der Waals surface area contributed by atoms with Gasteiger partial charge in [0.25, 0.3) is 11.8 Å². The van der Waals surface area contributed by atoms with Crippen LogP contribution in [-0.4, -0.2) is 29.6 Å². The lowest BCUT2D eigenvalue weighted by Gasteiger charge is -2.26. The van der Waals surface area contributed by atoms with E-state index in [0.717, 1.165) is 14.0 Å². The van der Waals surface area contributed by atoms with Gasteiger partial charge in [0, 0.05) is 0 Å². The van der Waals surface area contributed by atoms with Crippen LogP contribution >= 0.6 is 22.6 Å². The van der Waals surface area contributed by atoms with E-state index in [4.69, 9.17) is 9.47 Å². The van der Waals surface area contributed by atoms with Crippen LogP contribution in [0.25, 0.3) is 6.08 Å². The molecule has 0 atom stereocenters. The zero-order chi connectivity index (χ0) is 24.9. The lowest BCUT2D eigenvalue weighted by Crippen LogP contribution is -2.54. The average molecular weight is 584 g/mol. The van der Waals surface area contributed by atoms with Gasteiger partial charge in [-0.2, -0.15) is 0 Å². The number of nitrogens with zero attached hydrogens (tertiary/aromatic N) is 1. The van der Waals surface area contributed by atoms with E-state index in [9.17, 15) is 19.5 Å². The number of imide groups is 2. The zero-order valence-corrected chi connectivity index (χ0v) is 20.8. The predicted molar refractivity (Wildman–Crippen MR) is 138 cm³/mol. The fourth-order valence-corrected chi connectivity index (χ4v) is 4.25. The van der Waals surface area contributed by atoms with Crippen molar-refractivity contribution in [2.24, 2.45) is 0 Å². The number of ether oxygens (including phenoxy) is 2. The molecule has 1 saturated heterocycles. The van der Waals surface area contributed by atoms with Gasteiger partial charge in [-0.25, -0.2) is 9.69 Å². The first-order valence-corrected chi connectivity index (χ1v) is 11.8. The molecule has 4 rings (SSSR count). The van der Waals surface area contributed by atoms with Crippen LogP contribution in [0, 0.1) is 3.57 Å². The van der Waals surface area contributed by atoms with Gasteiger partial charge < -0.3 is 14.6 Å². The van der Waals surface area contributed by atoms with Crippen molar-refractivity contribution >= 4 is 52.2 Å². The maximum absolute atomic E-state index is 13.1. The van der Waals surface area contributed by atoms with Crippen molar-refractivity contribution in [1.82, 2.24) is 5.32 Å². The Hall–Kier alpha value is -3.86.